The maximum Gasteiger partial charge on any atom is 0.411 e. The summed E-state index contributed by atoms with van der Waals surface area (Å²) in [6.45, 7) is 11.7. The van der Waals surface area contributed by atoms with E-state index in [0.29, 0.717) is 25.1 Å². The lowest BCUT2D eigenvalue weighted by atomic mass is 9.90. The van der Waals surface area contributed by atoms with Gasteiger partial charge in [0.1, 0.15) is 11.1 Å². The van der Waals surface area contributed by atoms with Crippen molar-refractivity contribution in [3.05, 3.63) is 42.5 Å². The molecule has 6 heteroatoms. The monoisotopic (exact) mass is 388 g/mol. The zero-order chi connectivity index (χ0) is 20.9. The number of carbonyl (C=O) groups is 2. The van der Waals surface area contributed by atoms with E-state index in [-0.39, 0.29) is 12.0 Å². The van der Waals surface area contributed by atoms with Crippen LogP contribution in [0.1, 0.15) is 58.6 Å². The molecule has 28 heavy (non-hydrogen) atoms. The van der Waals surface area contributed by atoms with Crippen molar-refractivity contribution in [1.29, 1.82) is 0 Å². The molecule has 2 amide bonds. The molecule has 1 aromatic rings. The van der Waals surface area contributed by atoms with E-state index in [1.807, 2.05) is 52.0 Å². The van der Waals surface area contributed by atoms with Gasteiger partial charge in [0.05, 0.1) is 6.10 Å². The van der Waals surface area contributed by atoms with Crippen molar-refractivity contribution < 1.29 is 19.1 Å². The number of rotatable bonds is 6. The van der Waals surface area contributed by atoms with Gasteiger partial charge in [0.25, 0.3) is 5.91 Å². The summed E-state index contributed by atoms with van der Waals surface area (Å²) in [5, 5.41) is 2.98. The Balaban J connectivity index is 2.27. The summed E-state index contributed by atoms with van der Waals surface area (Å²) in [5.41, 5.74) is 0.0209. The highest BCUT2D eigenvalue weighted by Gasteiger charge is 2.50. The Labute approximate surface area is 167 Å². The maximum atomic E-state index is 13.3. The molecule has 1 aliphatic rings. The van der Waals surface area contributed by atoms with Crippen LogP contribution in [0.5, 0.6) is 0 Å². The molecule has 0 aliphatic carbocycles. The van der Waals surface area contributed by atoms with Gasteiger partial charge >= 0.3 is 6.09 Å². The van der Waals surface area contributed by atoms with Crippen molar-refractivity contribution >= 4 is 17.7 Å². The Morgan fingerprint density at radius 1 is 1.39 bits per heavy atom. The van der Waals surface area contributed by atoms with Gasteiger partial charge in [-0.05, 0) is 64.7 Å². The Kier molecular flexibility index (Phi) is 6.88. The maximum absolute atomic E-state index is 13.3. The van der Waals surface area contributed by atoms with Crippen molar-refractivity contribution in [1.82, 2.24) is 4.90 Å². The molecule has 1 heterocycles. The quantitative estimate of drug-likeness (QED) is 0.719. The number of ether oxygens (including phenoxy) is 2. The molecule has 1 aliphatic heterocycles. The molecular weight excluding hydrogens is 356 g/mol. The zero-order valence-corrected chi connectivity index (χ0v) is 17.6. The first kappa shape index (κ1) is 22.0. The van der Waals surface area contributed by atoms with E-state index < -0.39 is 17.2 Å². The van der Waals surface area contributed by atoms with E-state index in [4.69, 9.17) is 9.47 Å². The molecule has 0 bridgehead atoms. The Hall–Kier alpha value is -2.34. The number of hydrogen-bond acceptors (Lipinski definition) is 4. The van der Waals surface area contributed by atoms with Gasteiger partial charge in [-0.25, -0.2) is 4.79 Å². The molecule has 0 saturated carbocycles. The van der Waals surface area contributed by atoms with Crippen LogP contribution in [0.2, 0.25) is 0 Å². The van der Waals surface area contributed by atoms with E-state index in [9.17, 15) is 9.59 Å². The smallest absolute Gasteiger partial charge is 0.411 e. The number of benzene rings is 1. The summed E-state index contributed by atoms with van der Waals surface area (Å²) >= 11 is 0. The lowest BCUT2D eigenvalue weighted by Crippen LogP contribution is -2.56. The van der Waals surface area contributed by atoms with Gasteiger partial charge < -0.3 is 14.8 Å². The van der Waals surface area contributed by atoms with Gasteiger partial charge in [-0.1, -0.05) is 18.2 Å². The SMILES string of the molecule is C=CC[C@]1(C(=O)Nc2cccc([C@@H](C)OC)c2)CCCN1C(=O)OC(C)(C)C. The second-order valence-electron chi connectivity index (χ2n) is 8.22. The first-order valence-corrected chi connectivity index (χ1v) is 9.68. The molecule has 1 saturated heterocycles. The van der Waals surface area contributed by atoms with Gasteiger partial charge in [-0.15, -0.1) is 6.58 Å². The highest BCUT2D eigenvalue weighted by molar-refractivity contribution is 6.00. The highest BCUT2D eigenvalue weighted by atomic mass is 16.6. The van der Waals surface area contributed by atoms with E-state index in [0.717, 1.165) is 12.0 Å². The largest absolute Gasteiger partial charge is 0.444 e. The average molecular weight is 389 g/mol. The number of nitrogens with one attached hydrogen (secondary N) is 1. The first-order chi connectivity index (χ1) is 13.1. The normalized spacial score (nSPS) is 20.5. The fraction of sp³-hybridized carbons (Fsp3) is 0.545. The van der Waals surface area contributed by atoms with Crippen LogP contribution in [-0.2, 0) is 14.3 Å². The minimum Gasteiger partial charge on any atom is -0.444 e. The number of amides is 2. The first-order valence-electron chi connectivity index (χ1n) is 9.68. The number of likely N-dealkylation sites (tertiary alicyclic amines) is 1. The van der Waals surface area contributed by atoms with E-state index in [2.05, 4.69) is 11.9 Å². The van der Waals surface area contributed by atoms with E-state index in [1.54, 1.807) is 18.1 Å². The predicted octanol–water partition coefficient (Wildman–Crippen LogP) is 4.68. The van der Waals surface area contributed by atoms with Crippen LogP contribution in [0.3, 0.4) is 0 Å². The molecular formula is C22H32N2O4. The summed E-state index contributed by atoms with van der Waals surface area (Å²) in [5.74, 6) is -0.224. The summed E-state index contributed by atoms with van der Waals surface area (Å²) in [4.78, 5) is 27.6. The molecule has 2 rings (SSSR count). The van der Waals surface area contributed by atoms with Crippen LogP contribution in [0.4, 0.5) is 10.5 Å². The Morgan fingerprint density at radius 3 is 2.71 bits per heavy atom. The second kappa shape index (κ2) is 8.78. The highest BCUT2D eigenvalue weighted by Crippen LogP contribution is 2.35. The molecule has 2 atom stereocenters. The van der Waals surface area contributed by atoms with Gasteiger partial charge in [-0.2, -0.15) is 0 Å². The topological polar surface area (TPSA) is 67.9 Å². The van der Waals surface area contributed by atoms with Crippen LogP contribution < -0.4 is 5.32 Å². The van der Waals surface area contributed by atoms with Crippen molar-refractivity contribution in [2.24, 2.45) is 0 Å². The lowest BCUT2D eigenvalue weighted by Gasteiger charge is -2.37. The third-order valence-electron chi connectivity index (χ3n) is 4.97. The van der Waals surface area contributed by atoms with E-state index >= 15 is 0 Å². The van der Waals surface area contributed by atoms with Crippen LogP contribution >= 0.6 is 0 Å². The van der Waals surface area contributed by atoms with Crippen molar-refractivity contribution in [2.75, 3.05) is 19.0 Å². The summed E-state index contributed by atoms with van der Waals surface area (Å²) in [7, 11) is 1.65. The van der Waals surface area contributed by atoms with Crippen molar-refractivity contribution in [2.45, 2.75) is 64.2 Å². The number of methoxy groups -OCH3 is 1. The predicted molar refractivity (Wildman–Crippen MR) is 110 cm³/mol. The standard InChI is InChI=1S/C22H32N2O4/c1-7-12-22(13-9-14-24(22)20(26)28-21(3,4)5)19(25)23-18-11-8-10-17(15-18)16(2)27-6/h7-8,10-11,15-16H,1,9,12-14H2,2-6H3,(H,23,25)/t16-,22-/m1/s1. The van der Waals surface area contributed by atoms with Crippen LogP contribution in [0.25, 0.3) is 0 Å². The fourth-order valence-electron chi connectivity index (χ4n) is 3.49. The van der Waals surface area contributed by atoms with Gasteiger partial charge in [0, 0.05) is 19.3 Å². The van der Waals surface area contributed by atoms with E-state index in [1.165, 1.54) is 0 Å². The minimum absolute atomic E-state index is 0.0799. The molecule has 6 nitrogen and oxygen atoms in total. The number of carbonyl (C=O) groups excluding carboxylic acids is 2. The summed E-state index contributed by atoms with van der Waals surface area (Å²) in [6, 6.07) is 7.55. The van der Waals surface area contributed by atoms with Gasteiger partial charge in [0.2, 0.25) is 0 Å². The zero-order valence-electron chi connectivity index (χ0n) is 17.6. The lowest BCUT2D eigenvalue weighted by molar-refractivity contribution is -0.126. The Bertz CT molecular complexity index is 725. The molecule has 1 fully saturated rings. The number of hydrogen-bond donors (Lipinski definition) is 1. The second-order valence-corrected chi connectivity index (χ2v) is 8.22. The molecule has 0 radical (unpaired) electrons. The minimum atomic E-state index is -0.993. The van der Waals surface area contributed by atoms with Crippen molar-refractivity contribution in [3.8, 4) is 0 Å². The summed E-state index contributed by atoms with van der Waals surface area (Å²) in [6.07, 6.45) is 2.81. The van der Waals surface area contributed by atoms with Gasteiger partial charge in [-0.3, -0.25) is 9.69 Å². The molecule has 1 N–H and O–H groups in total. The summed E-state index contributed by atoms with van der Waals surface area (Å²) < 4.78 is 10.9. The van der Waals surface area contributed by atoms with Gasteiger partial charge in [0.15, 0.2) is 0 Å². The third kappa shape index (κ3) is 4.93. The van der Waals surface area contributed by atoms with Crippen molar-refractivity contribution in [3.63, 3.8) is 0 Å². The molecule has 0 aromatic heterocycles. The number of anilines is 1. The fourth-order valence-corrected chi connectivity index (χ4v) is 3.49. The third-order valence-corrected chi connectivity index (χ3v) is 4.97. The molecule has 154 valence electrons. The molecule has 0 spiro atoms. The Morgan fingerprint density at radius 2 is 2.11 bits per heavy atom. The van der Waals surface area contributed by atoms with Crippen LogP contribution in [-0.4, -0.2) is 41.7 Å². The number of nitrogens with zero attached hydrogens (tertiary/aromatic N) is 1. The molecule has 1 aromatic carbocycles. The molecule has 0 unspecified atom stereocenters. The van der Waals surface area contributed by atoms with Crippen LogP contribution in [0, 0.1) is 0 Å². The average Bonchev–Trinajstić information content (AvgIpc) is 3.05. The van der Waals surface area contributed by atoms with Crippen LogP contribution in [0.15, 0.2) is 36.9 Å².